The Balaban J connectivity index is 0. The van der Waals surface area contributed by atoms with Crippen molar-refractivity contribution in [2.24, 2.45) is 0 Å². The minimum Gasteiger partial charge on any atom is -0.183 e. The van der Waals surface area contributed by atoms with Crippen molar-refractivity contribution in [2.75, 3.05) is 0 Å². The predicted octanol–water partition coefficient (Wildman–Crippen LogP) is 2.83. The van der Waals surface area contributed by atoms with Gasteiger partial charge in [0.2, 0.25) is 0 Å². The van der Waals surface area contributed by atoms with E-state index in [9.17, 15) is 0 Å². The van der Waals surface area contributed by atoms with E-state index in [0.717, 1.165) is 4.48 Å². The molecule has 0 spiro atoms. The second-order valence-electron chi connectivity index (χ2n) is 1.20. The summed E-state index contributed by atoms with van der Waals surface area (Å²) < 4.78 is 0.885. The summed E-state index contributed by atoms with van der Waals surface area (Å²) in [4.78, 5) is 0. The molecule has 0 saturated carbocycles. The molecule has 0 N–H and O–H groups in total. The van der Waals surface area contributed by atoms with Gasteiger partial charge in [-0.2, -0.15) is 30.9 Å². The molecule has 0 aromatic carbocycles. The van der Waals surface area contributed by atoms with E-state index in [2.05, 4.69) is 28.6 Å². The van der Waals surface area contributed by atoms with Gasteiger partial charge in [0.05, 0.1) is 0 Å². The standard InChI is InChI=1S/C7H8Br.Ni/c1-3-5-6-7(8)4-2;/h3-5H,2H2,1H3;/q-1;/b5-3-;. The Kier molecular flexibility index (Phi) is 10.9. The molecule has 0 saturated heterocycles. The minimum absolute atomic E-state index is 0. The number of halogens is 1. The predicted molar refractivity (Wildman–Crippen MR) is 40.7 cm³/mol. The van der Waals surface area contributed by atoms with E-state index in [1.165, 1.54) is 0 Å². The molecule has 54 valence electrons. The van der Waals surface area contributed by atoms with Crippen LogP contribution in [0.4, 0.5) is 0 Å². The van der Waals surface area contributed by atoms with E-state index in [-0.39, 0.29) is 16.5 Å². The van der Waals surface area contributed by atoms with Gasteiger partial charge in [0.1, 0.15) is 0 Å². The maximum atomic E-state index is 3.53. The Hall–Kier alpha value is 0.194. The van der Waals surface area contributed by atoms with Crippen LogP contribution in [0.2, 0.25) is 0 Å². The summed E-state index contributed by atoms with van der Waals surface area (Å²) in [7, 11) is 0. The number of hydrogen-bond acceptors (Lipinski definition) is 0. The Bertz CT molecular complexity index is 125. The molecule has 0 fully saturated rings. The number of allylic oxidation sites excluding steroid dienone is 5. The van der Waals surface area contributed by atoms with Crippen molar-refractivity contribution in [3.8, 4) is 0 Å². The van der Waals surface area contributed by atoms with Crippen molar-refractivity contribution >= 4 is 15.9 Å². The summed E-state index contributed by atoms with van der Waals surface area (Å²) in [6.45, 7) is 5.47. The van der Waals surface area contributed by atoms with Gasteiger partial charge in [0.25, 0.3) is 0 Å². The molecule has 0 aliphatic carbocycles. The Morgan fingerprint density at radius 1 is 1.67 bits per heavy atom. The largest absolute Gasteiger partial charge is 0.183 e. The third-order valence-electron chi connectivity index (χ3n) is 0.567. The van der Waals surface area contributed by atoms with Crippen LogP contribution in [0.1, 0.15) is 6.92 Å². The van der Waals surface area contributed by atoms with E-state index in [1.807, 2.05) is 19.1 Å². The normalized spacial score (nSPS) is 11.1. The molecule has 0 aromatic rings. The molecule has 0 amide bonds. The first-order chi connectivity index (χ1) is 3.81. The van der Waals surface area contributed by atoms with Gasteiger partial charge in [-0.25, -0.2) is 0 Å². The van der Waals surface area contributed by atoms with Crippen molar-refractivity contribution in [3.05, 3.63) is 35.4 Å². The van der Waals surface area contributed by atoms with Gasteiger partial charge in [0, 0.05) is 16.5 Å². The van der Waals surface area contributed by atoms with Crippen LogP contribution >= 0.6 is 15.9 Å². The van der Waals surface area contributed by atoms with Gasteiger partial charge in [-0.3, -0.25) is 0 Å². The van der Waals surface area contributed by atoms with Crippen LogP contribution in [0.3, 0.4) is 0 Å². The summed E-state index contributed by atoms with van der Waals surface area (Å²) in [6.07, 6.45) is 8.34. The van der Waals surface area contributed by atoms with Crippen LogP contribution in [-0.2, 0) is 16.5 Å². The first-order valence-electron chi connectivity index (χ1n) is 2.34. The fourth-order valence-corrected chi connectivity index (χ4v) is 0.354. The van der Waals surface area contributed by atoms with Gasteiger partial charge < -0.3 is 0 Å². The molecule has 0 unspecified atom stereocenters. The zero-order chi connectivity index (χ0) is 6.41. The zero-order valence-corrected chi connectivity index (χ0v) is 7.71. The minimum atomic E-state index is 0. The van der Waals surface area contributed by atoms with Crippen LogP contribution in [0.5, 0.6) is 0 Å². The molecule has 0 radical (unpaired) electrons. The topological polar surface area (TPSA) is 0 Å². The molecule has 9 heavy (non-hydrogen) atoms. The Labute approximate surface area is 74.8 Å². The SMILES string of the molecule is C=CC(Br)=[C-]/C=C\C.[Ni]. The summed E-state index contributed by atoms with van der Waals surface area (Å²) >= 11 is 3.21. The molecular formula is C7H8BrNi-. The van der Waals surface area contributed by atoms with E-state index < -0.39 is 0 Å². The molecular weight excluding hydrogens is 223 g/mol. The molecule has 0 aromatic heterocycles. The molecule has 0 nitrogen and oxygen atoms in total. The summed E-state index contributed by atoms with van der Waals surface area (Å²) in [5, 5.41) is 0. The van der Waals surface area contributed by atoms with Crippen molar-refractivity contribution in [3.63, 3.8) is 0 Å². The van der Waals surface area contributed by atoms with Gasteiger partial charge in [-0.1, -0.05) is 27.3 Å². The average molecular weight is 231 g/mol. The van der Waals surface area contributed by atoms with Crippen LogP contribution < -0.4 is 0 Å². The van der Waals surface area contributed by atoms with E-state index in [4.69, 9.17) is 0 Å². The first-order valence-corrected chi connectivity index (χ1v) is 3.13. The van der Waals surface area contributed by atoms with Gasteiger partial charge in [-0.05, 0) is 0 Å². The second-order valence-corrected chi connectivity index (χ2v) is 2.05. The van der Waals surface area contributed by atoms with Crippen LogP contribution in [0.15, 0.2) is 29.3 Å². The molecule has 0 aliphatic heterocycles. The smallest absolute Gasteiger partial charge is 0 e. The number of rotatable bonds is 2. The van der Waals surface area contributed by atoms with Crippen LogP contribution in [-0.4, -0.2) is 0 Å². The quantitative estimate of drug-likeness (QED) is 0.389. The van der Waals surface area contributed by atoms with Crippen molar-refractivity contribution in [1.82, 2.24) is 0 Å². The second kappa shape index (κ2) is 8.19. The number of hydrogen-bond donors (Lipinski definition) is 0. The van der Waals surface area contributed by atoms with E-state index in [1.54, 1.807) is 6.08 Å². The average Bonchev–Trinajstić information content (AvgIpc) is 1.83. The molecule has 0 heterocycles. The third-order valence-corrected chi connectivity index (χ3v) is 1.12. The molecule has 0 atom stereocenters. The van der Waals surface area contributed by atoms with Crippen molar-refractivity contribution in [1.29, 1.82) is 0 Å². The van der Waals surface area contributed by atoms with Crippen molar-refractivity contribution < 1.29 is 16.5 Å². The molecule has 0 rings (SSSR count). The van der Waals surface area contributed by atoms with E-state index in [0.29, 0.717) is 0 Å². The van der Waals surface area contributed by atoms with Gasteiger partial charge >= 0.3 is 0 Å². The van der Waals surface area contributed by atoms with Crippen LogP contribution in [0.25, 0.3) is 0 Å². The summed E-state index contributed by atoms with van der Waals surface area (Å²) in [6, 6.07) is 0. The van der Waals surface area contributed by atoms with E-state index >= 15 is 0 Å². The Morgan fingerprint density at radius 3 is 2.56 bits per heavy atom. The molecule has 0 bridgehead atoms. The third kappa shape index (κ3) is 8.19. The fourth-order valence-electron chi connectivity index (χ4n) is 0.222. The van der Waals surface area contributed by atoms with Crippen LogP contribution in [0, 0.1) is 6.08 Å². The molecule has 0 aliphatic rings. The molecule has 2 heteroatoms. The van der Waals surface area contributed by atoms with Gasteiger partial charge in [-0.15, -0.1) is 0 Å². The maximum Gasteiger partial charge on any atom is 0 e. The fraction of sp³-hybridized carbons (Fsp3) is 0.143. The monoisotopic (exact) mass is 229 g/mol. The zero-order valence-electron chi connectivity index (χ0n) is 5.13. The summed E-state index contributed by atoms with van der Waals surface area (Å²) in [5.41, 5.74) is 0. The van der Waals surface area contributed by atoms with Crippen molar-refractivity contribution in [2.45, 2.75) is 6.92 Å². The van der Waals surface area contributed by atoms with Gasteiger partial charge in [0.15, 0.2) is 0 Å². The Morgan fingerprint density at radius 2 is 2.22 bits per heavy atom. The summed E-state index contributed by atoms with van der Waals surface area (Å²) in [5.74, 6) is 0. The first kappa shape index (κ1) is 11.9. The maximum absolute atomic E-state index is 3.53.